The van der Waals surface area contributed by atoms with E-state index in [2.05, 4.69) is 5.32 Å². The molecule has 0 spiro atoms. The smallest absolute Gasteiger partial charge is 0.385 e. The topological polar surface area (TPSA) is 92.6 Å². The molecule has 146 valence electrons. The van der Waals surface area contributed by atoms with Gasteiger partial charge in [-0.05, 0) is 44.0 Å². The maximum Gasteiger partial charge on any atom is 0.401 e. The van der Waals surface area contributed by atoms with Crippen LogP contribution in [0.15, 0.2) is 23.1 Å². The van der Waals surface area contributed by atoms with Crippen molar-refractivity contribution in [1.82, 2.24) is 4.90 Å². The number of likely N-dealkylation sites (tertiary alicyclic amines) is 1. The number of rotatable bonds is 6. The molecule has 1 aromatic carbocycles. The third-order valence-corrected chi connectivity index (χ3v) is 5.39. The fraction of sp³-hybridized carbons (Fsp3) is 0.600. The van der Waals surface area contributed by atoms with Crippen molar-refractivity contribution >= 4 is 21.2 Å². The summed E-state index contributed by atoms with van der Waals surface area (Å²) in [6.45, 7) is 0.246. The molecule has 1 saturated heterocycles. The molecule has 1 aliphatic heterocycles. The Kier molecular flexibility index (Phi) is 6.12. The van der Waals surface area contributed by atoms with Gasteiger partial charge in [-0.1, -0.05) is 0 Å². The standard InChI is InChI=1S/C15H20F3N3O4S/c1-26(24,25)14-8-12(2-3-13(14)21(22)23)19-9-11-4-6-20(7-5-11)10-15(16,17)18/h2-3,8,11,19H,4-7,9-10H2,1H3. The van der Waals surface area contributed by atoms with Gasteiger partial charge in [0.05, 0.1) is 11.5 Å². The molecule has 7 nitrogen and oxygen atoms in total. The number of hydrogen-bond donors (Lipinski definition) is 1. The van der Waals surface area contributed by atoms with Gasteiger partial charge in [0.1, 0.15) is 4.90 Å². The summed E-state index contributed by atoms with van der Waals surface area (Å²) in [6.07, 6.45) is -2.12. The summed E-state index contributed by atoms with van der Waals surface area (Å²) in [5, 5.41) is 14.0. The SMILES string of the molecule is CS(=O)(=O)c1cc(NCC2CCN(CC(F)(F)F)CC2)ccc1[N+](=O)[O-]. The van der Waals surface area contributed by atoms with Crippen molar-refractivity contribution in [3.63, 3.8) is 0 Å². The molecule has 2 rings (SSSR count). The Bertz CT molecular complexity index is 760. The lowest BCUT2D eigenvalue weighted by Gasteiger charge is -2.32. The van der Waals surface area contributed by atoms with Crippen LogP contribution in [0, 0.1) is 16.0 Å². The second-order valence-corrected chi connectivity index (χ2v) is 8.41. The van der Waals surface area contributed by atoms with Crippen molar-refractivity contribution in [3.05, 3.63) is 28.3 Å². The van der Waals surface area contributed by atoms with Crippen LogP contribution < -0.4 is 5.32 Å². The Balaban J connectivity index is 1.96. The predicted octanol–water partition coefficient (Wildman–Crippen LogP) is 2.68. The predicted molar refractivity (Wildman–Crippen MR) is 89.9 cm³/mol. The molecule has 0 unspecified atom stereocenters. The van der Waals surface area contributed by atoms with Gasteiger partial charge in [0.25, 0.3) is 5.69 Å². The van der Waals surface area contributed by atoms with Gasteiger partial charge in [-0.2, -0.15) is 13.2 Å². The summed E-state index contributed by atoms with van der Waals surface area (Å²) in [5.41, 5.74) is -0.0627. The van der Waals surface area contributed by atoms with E-state index in [0.717, 1.165) is 12.3 Å². The molecule has 1 N–H and O–H groups in total. The first-order chi connectivity index (χ1) is 12.0. The van der Waals surface area contributed by atoms with E-state index >= 15 is 0 Å². The van der Waals surface area contributed by atoms with Crippen molar-refractivity contribution in [3.8, 4) is 0 Å². The molecule has 1 aliphatic rings. The molecule has 0 saturated carbocycles. The molecule has 0 amide bonds. The fourth-order valence-corrected chi connectivity index (χ4v) is 3.80. The highest BCUT2D eigenvalue weighted by molar-refractivity contribution is 7.90. The number of alkyl halides is 3. The van der Waals surface area contributed by atoms with Crippen LogP contribution in [0.5, 0.6) is 0 Å². The minimum absolute atomic E-state index is 0.149. The van der Waals surface area contributed by atoms with Gasteiger partial charge in [-0.3, -0.25) is 15.0 Å². The van der Waals surface area contributed by atoms with Gasteiger partial charge in [-0.25, -0.2) is 8.42 Å². The van der Waals surface area contributed by atoms with Crippen LogP contribution in [0.25, 0.3) is 0 Å². The van der Waals surface area contributed by atoms with E-state index in [1.807, 2.05) is 0 Å². The molecule has 11 heteroatoms. The maximum absolute atomic E-state index is 12.4. The molecule has 1 heterocycles. The number of nitrogens with one attached hydrogen (secondary N) is 1. The second kappa shape index (κ2) is 7.78. The largest absolute Gasteiger partial charge is 0.401 e. The number of nitrogens with zero attached hydrogens (tertiary/aromatic N) is 2. The molecular formula is C15H20F3N3O4S. The fourth-order valence-electron chi connectivity index (χ4n) is 2.94. The molecule has 0 aromatic heterocycles. The van der Waals surface area contributed by atoms with Crippen LogP contribution in [0.2, 0.25) is 0 Å². The van der Waals surface area contributed by atoms with Gasteiger partial charge >= 0.3 is 6.18 Å². The Hall–Kier alpha value is -1.88. The van der Waals surface area contributed by atoms with Crippen LogP contribution in [-0.2, 0) is 9.84 Å². The first kappa shape index (κ1) is 20.4. The summed E-state index contributed by atoms with van der Waals surface area (Å²) in [6, 6.07) is 3.77. The Morgan fingerprint density at radius 3 is 2.42 bits per heavy atom. The average molecular weight is 395 g/mol. The van der Waals surface area contributed by atoms with Gasteiger partial charge in [0.2, 0.25) is 0 Å². The molecule has 1 aromatic rings. The lowest BCUT2D eigenvalue weighted by Crippen LogP contribution is -2.41. The lowest BCUT2D eigenvalue weighted by atomic mass is 9.96. The summed E-state index contributed by atoms with van der Waals surface area (Å²) in [7, 11) is -3.76. The van der Waals surface area contributed by atoms with Gasteiger partial charge < -0.3 is 5.32 Å². The lowest BCUT2D eigenvalue weighted by molar-refractivity contribution is -0.387. The van der Waals surface area contributed by atoms with E-state index in [1.165, 1.54) is 17.0 Å². The first-order valence-corrected chi connectivity index (χ1v) is 9.86. The highest BCUT2D eigenvalue weighted by Gasteiger charge is 2.32. The molecular weight excluding hydrogens is 375 g/mol. The zero-order valence-corrected chi connectivity index (χ0v) is 14.9. The van der Waals surface area contributed by atoms with Crippen molar-refractivity contribution < 1.29 is 26.5 Å². The number of sulfone groups is 1. The second-order valence-electron chi connectivity index (χ2n) is 6.43. The number of nitro groups is 1. The molecule has 0 aliphatic carbocycles. The Morgan fingerprint density at radius 2 is 1.92 bits per heavy atom. The normalized spacial score (nSPS) is 17.2. The van der Waals surface area contributed by atoms with Crippen LogP contribution in [-0.4, -0.2) is 56.9 Å². The van der Waals surface area contributed by atoms with E-state index in [-0.39, 0.29) is 10.8 Å². The van der Waals surface area contributed by atoms with Crippen LogP contribution in [0.3, 0.4) is 0 Å². The van der Waals surface area contributed by atoms with Crippen molar-refractivity contribution in [1.29, 1.82) is 0 Å². The average Bonchev–Trinajstić information content (AvgIpc) is 2.51. The molecule has 26 heavy (non-hydrogen) atoms. The molecule has 0 bridgehead atoms. The Morgan fingerprint density at radius 1 is 1.31 bits per heavy atom. The van der Waals surface area contributed by atoms with E-state index < -0.39 is 33.2 Å². The highest BCUT2D eigenvalue weighted by Crippen LogP contribution is 2.28. The number of nitro benzene ring substituents is 1. The van der Waals surface area contributed by atoms with Gasteiger partial charge in [0, 0.05) is 24.6 Å². The summed E-state index contributed by atoms with van der Waals surface area (Å²) in [4.78, 5) is 11.2. The zero-order chi connectivity index (χ0) is 19.5. The Labute approximate surface area is 149 Å². The van der Waals surface area contributed by atoms with Crippen molar-refractivity contribution in [2.24, 2.45) is 5.92 Å². The number of halogens is 3. The van der Waals surface area contributed by atoms with Gasteiger partial charge in [-0.15, -0.1) is 0 Å². The van der Waals surface area contributed by atoms with Crippen LogP contribution in [0.1, 0.15) is 12.8 Å². The van der Waals surface area contributed by atoms with E-state index in [9.17, 15) is 31.7 Å². The quantitative estimate of drug-likeness (QED) is 0.588. The minimum Gasteiger partial charge on any atom is -0.385 e. The van der Waals surface area contributed by atoms with Crippen molar-refractivity contribution in [2.45, 2.75) is 23.9 Å². The summed E-state index contributed by atoms with van der Waals surface area (Å²) in [5.74, 6) is 0.149. The maximum atomic E-state index is 12.4. The molecule has 1 fully saturated rings. The summed E-state index contributed by atoms with van der Waals surface area (Å²) >= 11 is 0. The minimum atomic E-state index is -4.20. The third-order valence-electron chi connectivity index (χ3n) is 4.26. The number of anilines is 1. The first-order valence-electron chi connectivity index (χ1n) is 7.97. The zero-order valence-electron chi connectivity index (χ0n) is 14.1. The number of hydrogen-bond acceptors (Lipinski definition) is 6. The highest BCUT2D eigenvalue weighted by atomic mass is 32.2. The van der Waals surface area contributed by atoms with E-state index in [0.29, 0.717) is 38.2 Å². The number of piperidine rings is 1. The van der Waals surface area contributed by atoms with Gasteiger partial charge in [0.15, 0.2) is 9.84 Å². The number of benzene rings is 1. The molecule has 0 radical (unpaired) electrons. The summed E-state index contributed by atoms with van der Waals surface area (Å²) < 4.78 is 60.6. The molecule has 0 atom stereocenters. The van der Waals surface area contributed by atoms with Crippen LogP contribution >= 0.6 is 0 Å². The monoisotopic (exact) mass is 395 g/mol. The van der Waals surface area contributed by atoms with Crippen LogP contribution in [0.4, 0.5) is 24.5 Å². The van der Waals surface area contributed by atoms with E-state index in [1.54, 1.807) is 0 Å². The van der Waals surface area contributed by atoms with Crippen molar-refractivity contribution in [2.75, 3.05) is 37.8 Å². The van der Waals surface area contributed by atoms with E-state index in [4.69, 9.17) is 0 Å². The third kappa shape index (κ3) is 5.84.